The van der Waals surface area contributed by atoms with Crippen molar-refractivity contribution in [3.8, 4) is 11.8 Å². The van der Waals surface area contributed by atoms with E-state index in [1.54, 1.807) is 32.6 Å². The Morgan fingerprint density at radius 2 is 1.35 bits per heavy atom. The lowest BCUT2D eigenvalue weighted by Gasteiger charge is -2.63. The zero-order valence-corrected chi connectivity index (χ0v) is 77.7. The van der Waals surface area contributed by atoms with Gasteiger partial charge in [-0.15, -0.1) is 0 Å². The number of nitrogens with one attached hydrogen (secondary N) is 8. The molecule has 40 heteroatoms. The van der Waals surface area contributed by atoms with Crippen LogP contribution < -0.4 is 58.9 Å². The number of benzene rings is 2. The van der Waals surface area contributed by atoms with Gasteiger partial charge in [0.05, 0.1) is 121 Å². The highest BCUT2D eigenvalue weighted by atomic mass is 19.1. The molecule has 0 spiro atoms. The largest absolute Gasteiger partial charge is 0.399 e. The van der Waals surface area contributed by atoms with Gasteiger partial charge in [0.1, 0.15) is 61.4 Å². The molecule has 135 heavy (non-hydrogen) atoms. The maximum Gasteiger partial charge on any atom is 0.312 e. The molecule has 11 rings (SSSR count). The molecule has 4 heterocycles. The average molecular weight is 1900 g/mol. The van der Waals surface area contributed by atoms with Crippen LogP contribution in [0.5, 0.6) is 0 Å². The molecule has 9 amide bonds. The molecular weight excluding hydrogens is 1770 g/mol. The quantitative estimate of drug-likeness (QED) is 0.0325. The van der Waals surface area contributed by atoms with E-state index in [0.29, 0.717) is 56.5 Å². The first-order chi connectivity index (χ1) is 64.6. The van der Waals surface area contributed by atoms with E-state index >= 15 is 13.6 Å². The van der Waals surface area contributed by atoms with Gasteiger partial charge < -0.3 is 142 Å². The third-order valence-corrected chi connectivity index (χ3v) is 27.6. The number of ketones is 2. The third-order valence-electron chi connectivity index (χ3n) is 27.6. The van der Waals surface area contributed by atoms with Crippen LogP contribution in [0.15, 0.2) is 83.7 Å². The number of anilines is 1. The van der Waals surface area contributed by atoms with Crippen molar-refractivity contribution in [2.24, 2.45) is 46.0 Å². The molecule has 2 aromatic carbocycles. The number of hydrogen-bond donors (Lipinski definition) is 17. The molecule has 0 aromatic heterocycles. The number of urea groups is 1. The van der Waals surface area contributed by atoms with E-state index < -0.39 is 230 Å². The van der Waals surface area contributed by atoms with E-state index in [2.05, 4.69) is 54.4 Å². The van der Waals surface area contributed by atoms with Crippen LogP contribution in [0.4, 0.5) is 19.3 Å². The summed E-state index contributed by atoms with van der Waals surface area (Å²) in [6.07, 6.45) is -13.0. The molecule has 38 nitrogen and oxygen atoms in total. The Morgan fingerprint density at radius 3 is 2.06 bits per heavy atom. The summed E-state index contributed by atoms with van der Waals surface area (Å²) in [6, 6.07) is 10.0. The minimum absolute atomic E-state index is 0.00756. The van der Waals surface area contributed by atoms with E-state index in [0.717, 1.165) is 29.2 Å². The fourth-order valence-electron chi connectivity index (χ4n) is 20.2. The summed E-state index contributed by atoms with van der Waals surface area (Å²) in [7, 11) is 0. The molecule has 2 unspecified atom stereocenters. The first kappa shape index (κ1) is 106. The Morgan fingerprint density at radius 1 is 0.681 bits per heavy atom. The fraction of sp³-hybridized carbons (Fsp3) is 0.684. The molecule has 4 aliphatic heterocycles. The zero-order valence-electron chi connectivity index (χ0n) is 77.7. The summed E-state index contributed by atoms with van der Waals surface area (Å²) in [5.74, 6) is -2.41. The average Bonchev–Trinajstić information content (AvgIpc) is 1.52. The molecule has 6 fully saturated rings. The first-order valence-electron chi connectivity index (χ1n) is 47.3. The highest BCUT2D eigenvalue weighted by molar-refractivity contribution is 6.02. The van der Waals surface area contributed by atoms with Crippen LogP contribution in [-0.4, -0.2) is 309 Å². The lowest BCUT2D eigenvalue weighted by Crippen LogP contribution is -2.71. The van der Waals surface area contributed by atoms with E-state index in [4.69, 9.17) is 58.8 Å². The van der Waals surface area contributed by atoms with Gasteiger partial charge in [-0.3, -0.25) is 43.2 Å². The minimum atomic E-state index is -2.49. The van der Waals surface area contributed by atoms with Gasteiger partial charge in [-0.2, -0.15) is 0 Å². The number of rotatable bonds is 48. The van der Waals surface area contributed by atoms with Crippen molar-refractivity contribution in [3.05, 3.63) is 100 Å². The summed E-state index contributed by atoms with van der Waals surface area (Å²) in [4.78, 5) is 139. The summed E-state index contributed by atoms with van der Waals surface area (Å²) >= 11 is 0. The number of aliphatic hydroxyl groups excluding tert-OH is 7. The highest BCUT2D eigenvalue weighted by Gasteiger charge is 2.80. The van der Waals surface area contributed by atoms with Crippen LogP contribution >= 0.6 is 0 Å². The topological polar surface area (TPSA) is 556 Å². The van der Waals surface area contributed by atoms with Gasteiger partial charge in [0.2, 0.25) is 41.4 Å². The number of allylic oxidation sites excluding steroid dienone is 5. The Balaban J connectivity index is 0.667. The summed E-state index contributed by atoms with van der Waals surface area (Å²) in [6.45, 7) is 9.13. The van der Waals surface area contributed by atoms with Gasteiger partial charge in [-0.25, -0.2) is 13.6 Å². The van der Waals surface area contributed by atoms with Crippen LogP contribution in [0, 0.1) is 46.3 Å². The molecule has 3 saturated carbocycles. The molecule has 2 aromatic rings. The number of nitrogens with two attached hydrogens (primary N) is 2. The van der Waals surface area contributed by atoms with Gasteiger partial charge >= 0.3 is 6.03 Å². The Labute approximate surface area is 784 Å². The number of halogens is 2. The number of fused-ring (bicyclic) bond motifs is 9. The summed E-state index contributed by atoms with van der Waals surface area (Å²) < 4.78 is 94.3. The van der Waals surface area contributed by atoms with Crippen LogP contribution in [0.1, 0.15) is 174 Å². The monoisotopic (exact) mass is 1900 g/mol. The second-order valence-electron chi connectivity index (χ2n) is 37.0. The normalized spacial score (nSPS) is 30.8. The number of para-hydroxylation sites is 1. The number of carbonyl (C=O) groups is 10. The van der Waals surface area contributed by atoms with Crippen molar-refractivity contribution in [2.75, 3.05) is 104 Å². The summed E-state index contributed by atoms with van der Waals surface area (Å²) in [5, 5.41) is 98.7. The Kier molecular flexibility index (Phi) is 39.0. The van der Waals surface area contributed by atoms with Crippen LogP contribution in [0.25, 0.3) is 0 Å². The molecule has 3 saturated heterocycles. The van der Waals surface area contributed by atoms with Crippen molar-refractivity contribution >= 4 is 64.6 Å². The second-order valence-corrected chi connectivity index (χ2v) is 37.0. The van der Waals surface area contributed by atoms with E-state index in [-0.39, 0.29) is 160 Å². The minimum Gasteiger partial charge on any atom is -0.399 e. The number of carbonyl (C=O) groups excluding carboxylic acids is 10. The summed E-state index contributed by atoms with van der Waals surface area (Å²) in [5.41, 5.74) is 8.23. The molecule has 5 aliphatic carbocycles. The van der Waals surface area contributed by atoms with Gasteiger partial charge in [-0.05, 0) is 137 Å². The standard InChI is InChI=1S/C95H137F2N11O27/c1-7-18-78-133-73-47-60-61-46-63(96)62-45-59(111)31-33-92(62,5)94(61,97)71(112)48-93(60,6)95(73,135-78)72(113)49-103-86(122)65(24-17-35-102-91(99)125)105-88(124)80(54(2)3)107-87(123)66(104-75(115)32-37-126-39-41-128-43-44-129-42-40-127-38-36-101-74(114)29-30-77(117)108-50-58-21-12-11-19-56(58)27-28-57-20-13-14-25-67(57)108)23-15-16-34-100-76(116)53-130-68-26-10-8-9-22-64(79(68)98)106-89-83(120)82(119)85(70(52-110)131-89)134-90-84(121)81(118)55(4)69(51-109)132-90/h11-14,19-21,25,31,33,45,54-55,60-61,63,65-66,68-71,73,78,80-85,89-90,106,109-110,112,118-121H,7-10,15-18,22-24,26,29-30,32,34-44,46-53,98H2,1-6H3,(H,100,116)(H,101,114)(H,103,122)(H,104,115)(H,105,124)(H,107,123)(H3,99,102,125)/t55-,60+,61+,63+,65+,66-,68?,69-,70-,71+,73-,78?,80+,81+,82-,83-,84-,85-,89+,90-,92+,93+,94+,95-/m1/s1. The van der Waals surface area contributed by atoms with Crippen molar-refractivity contribution in [2.45, 2.75) is 279 Å². The lowest BCUT2D eigenvalue weighted by atomic mass is 9.44. The maximum atomic E-state index is 18.3. The SMILES string of the molecule is CCCC1O[C@@H]2C[C@H]3[C@@H]4C[C@H](F)C5=CC(=O)C=C[C@]5(C)[C@@]4(F)[C@@H](O)C[C@]3(C)[C@]2(C(=O)CNC(=O)[C@H](CCCNC(N)=O)NC(=O)[C@@H](NC(=O)[C@@H](CCCCNC(=O)COC2CCCCCC(N[C@H]3O[C@H](CO)[C@@H](O[C@H]4O[C@H](CO)[C@@H](C)[C@H](O)[C@H]4O)[C@H](O)[C@H]3O)=C2N)NC(=O)CCOCCOCCOCCOCCNC(=O)CCC(=O)N2Cc3ccccc3C#Cc3ccccc32)C(C)C)O1. The van der Waals surface area contributed by atoms with Gasteiger partial charge in [-0.1, -0.05) is 102 Å². The van der Waals surface area contributed by atoms with Crippen molar-refractivity contribution < 1.29 is 140 Å². The van der Waals surface area contributed by atoms with Crippen molar-refractivity contribution in [3.63, 3.8) is 0 Å². The third kappa shape index (κ3) is 25.7. The fourth-order valence-corrected chi connectivity index (χ4v) is 20.2. The predicted octanol–water partition coefficient (Wildman–Crippen LogP) is 1.03. The lowest BCUT2D eigenvalue weighted by molar-refractivity contribution is -0.336. The number of Topliss-reactive ketones (excluding diaryl/α,β-unsaturated/α-hetero) is 1. The molecule has 0 radical (unpaired) electrons. The predicted molar refractivity (Wildman–Crippen MR) is 481 cm³/mol. The van der Waals surface area contributed by atoms with Gasteiger partial charge in [0, 0.05) is 78.4 Å². The van der Waals surface area contributed by atoms with Crippen LogP contribution in [-0.2, 0) is 97.1 Å². The van der Waals surface area contributed by atoms with Gasteiger partial charge in [0.15, 0.2) is 41.6 Å². The number of alkyl halides is 2. The molecule has 0 bridgehead atoms. The number of ether oxygens (including phenoxy) is 10. The van der Waals surface area contributed by atoms with Crippen LogP contribution in [0.3, 0.4) is 0 Å². The number of amides is 9. The van der Waals surface area contributed by atoms with Crippen LogP contribution in [0.2, 0.25) is 0 Å². The van der Waals surface area contributed by atoms with E-state index in [9.17, 15) is 78.9 Å². The van der Waals surface area contributed by atoms with Crippen molar-refractivity contribution in [1.82, 2.24) is 42.5 Å². The Hall–Kier alpha value is -9.10. The highest BCUT2D eigenvalue weighted by Crippen LogP contribution is 2.72. The first-order valence-corrected chi connectivity index (χ1v) is 47.3. The molecule has 9 aliphatic rings. The zero-order chi connectivity index (χ0) is 97.5. The molecule has 19 N–H and O–H groups in total. The number of primary amides is 1. The smallest absolute Gasteiger partial charge is 0.312 e. The maximum absolute atomic E-state index is 18.3. The Bertz CT molecular complexity index is 4580. The molecule has 748 valence electrons. The number of nitrogens with zero attached hydrogens (tertiary/aromatic N) is 1. The second kappa shape index (κ2) is 49.5. The number of aliphatic hydroxyl groups is 7. The van der Waals surface area contributed by atoms with Gasteiger partial charge in [0.25, 0.3) is 0 Å². The molecular formula is C95H137F2N11O27. The molecule has 24 atom stereocenters. The van der Waals surface area contributed by atoms with Crippen molar-refractivity contribution in [1.29, 1.82) is 0 Å². The van der Waals surface area contributed by atoms with E-state index in [1.165, 1.54) is 19.1 Å². The van der Waals surface area contributed by atoms with E-state index in [1.807, 2.05) is 55.5 Å². The number of unbranched alkanes of at least 4 members (excludes halogenated alkanes) is 1. The number of hydrogen-bond acceptors (Lipinski definition) is 29.